The molecule has 2 aromatic carbocycles. The summed E-state index contributed by atoms with van der Waals surface area (Å²) in [5, 5.41) is 4.24. The number of carbonyl (C=O) groups is 1. The number of nitrogens with one attached hydrogen (secondary N) is 1. The Morgan fingerprint density at radius 3 is 2.67 bits per heavy atom. The topological polar surface area (TPSA) is 59.3 Å². The lowest BCUT2D eigenvalue weighted by atomic mass is 10.1. The zero-order valence-corrected chi connectivity index (χ0v) is 11.6. The van der Waals surface area contributed by atoms with Crippen LogP contribution >= 0.6 is 11.6 Å². The molecule has 0 bridgehead atoms. The van der Waals surface area contributed by atoms with Crippen molar-refractivity contribution in [3.8, 4) is 0 Å². The van der Waals surface area contributed by atoms with Crippen molar-refractivity contribution in [3.63, 3.8) is 0 Å². The molecular formula is C16H10ClNO3. The first-order chi connectivity index (χ1) is 10.1. The normalized spacial score (nSPS) is 10.5. The van der Waals surface area contributed by atoms with E-state index in [-0.39, 0.29) is 5.76 Å². The molecular weight excluding hydrogens is 290 g/mol. The molecule has 1 N–H and O–H groups in total. The predicted octanol–water partition coefficient (Wildman–Crippen LogP) is 3.70. The SMILES string of the molecule is O=C(Nc1cccc(Cl)c1)c1cc2ccccc2c(=O)o1. The van der Waals surface area contributed by atoms with Gasteiger partial charge < -0.3 is 9.73 Å². The molecule has 0 atom stereocenters. The molecule has 0 radical (unpaired) electrons. The van der Waals surface area contributed by atoms with Crippen molar-refractivity contribution < 1.29 is 9.21 Å². The highest BCUT2D eigenvalue weighted by Gasteiger charge is 2.12. The summed E-state index contributed by atoms with van der Waals surface area (Å²) in [4.78, 5) is 24.0. The van der Waals surface area contributed by atoms with Crippen LogP contribution in [-0.4, -0.2) is 5.91 Å². The number of benzene rings is 2. The molecule has 21 heavy (non-hydrogen) atoms. The summed E-state index contributed by atoms with van der Waals surface area (Å²) in [5.41, 5.74) is -0.00680. The molecule has 4 nitrogen and oxygen atoms in total. The van der Waals surface area contributed by atoms with E-state index >= 15 is 0 Å². The van der Waals surface area contributed by atoms with Crippen LogP contribution in [-0.2, 0) is 0 Å². The first kappa shape index (κ1) is 13.4. The van der Waals surface area contributed by atoms with E-state index in [0.29, 0.717) is 21.5 Å². The first-order valence-corrected chi connectivity index (χ1v) is 6.61. The summed E-state index contributed by atoms with van der Waals surface area (Å²) >= 11 is 5.85. The predicted molar refractivity (Wildman–Crippen MR) is 81.9 cm³/mol. The zero-order valence-electron chi connectivity index (χ0n) is 10.8. The van der Waals surface area contributed by atoms with Gasteiger partial charge in [0.25, 0.3) is 5.91 Å². The van der Waals surface area contributed by atoms with E-state index in [9.17, 15) is 9.59 Å². The van der Waals surface area contributed by atoms with Gasteiger partial charge in [-0.1, -0.05) is 35.9 Å². The molecule has 3 aromatic rings. The maximum absolute atomic E-state index is 12.1. The van der Waals surface area contributed by atoms with Gasteiger partial charge in [0.1, 0.15) is 0 Å². The van der Waals surface area contributed by atoms with E-state index in [1.165, 1.54) is 6.07 Å². The molecule has 0 saturated carbocycles. The fraction of sp³-hybridized carbons (Fsp3) is 0. The van der Waals surface area contributed by atoms with E-state index in [2.05, 4.69) is 5.32 Å². The Labute approximate surface area is 125 Å². The number of hydrogen-bond donors (Lipinski definition) is 1. The third-order valence-electron chi connectivity index (χ3n) is 2.98. The second-order valence-corrected chi connectivity index (χ2v) is 4.89. The highest BCUT2D eigenvalue weighted by Crippen LogP contribution is 2.17. The summed E-state index contributed by atoms with van der Waals surface area (Å²) in [6.07, 6.45) is 0. The van der Waals surface area contributed by atoms with Crippen molar-refractivity contribution in [2.24, 2.45) is 0 Å². The average molecular weight is 300 g/mol. The average Bonchev–Trinajstić information content (AvgIpc) is 2.47. The van der Waals surface area contributed by atoms with E-state index in [1.807, 2.05) is 0 Å². The molecule has 0 fully saturated rings. The van der Waals surface area contributed by atoms with Crippen LogP contribution in [0.5, 0.6) is 0 Å². The lowest BCUT2D eigenvalue weighted by Crippen LogP contribution is -2.14. The number of carbonyl (C=O) groups excluding carboxylic acids is 1. The van der Waals surface area contributed by atoms with E-state index in [4.69, 9.17) is 16.0 Å². The Morgan fingerprint density at radius 2 is 1.86 bits per heavy atom. The number of amides is 1. The quantitative estimate of drug-likeness (QED) is 0.785. The highest BCUT2D eigenvalue weighted by atomic mass is 35.5. The Bertz CT molecular complexity index is 886. The summed E-state index contributed by atoms with van der Waals surface area (Å²) in [5.74, 6) is -0.543. The summed E-state index contributed by atoms with van der Waals surface area (Å²) < 4.78 is 5.05. The fourth-order valence-corrected chi connectivity index (χ4v) is 2.20. The molecule has 104 valence electrons. The minimum Gasteiger partial charge on any atom is -0.417 e. The Balaban J connectivity index is 1.96. The molecule has 0 aliphatic rings. The van der Waals surface area contributed by atoms with Gasteiger partial charge in [0.2, 0.25) is 0 Å². The molecule has 0 saturated heterocycles. The molecule has 0 aliphatic heterocycles. The lowest BCUT2D eigenvalue weighted by Gasteiger charge is -2.05. The van der Waals surface area contributed by atoms with Crippen LogP contribution in [0.25, 0.3) is 10.8 Å². The smallest absolute Gasteiger partial charge is 0.344 e. The molecule has 1 heterocycles. The van der Waals surface area contributed by atoms with E-state index in [0.717, 1.165) is 0 Å². The van der Waals surface area contributed by atoms with Gasteiger partial charge in [-0.15, -0.1) is 0 Å². The number of halogens is 1. The minimum atomic E-state index is -0.538. The standard InChI is InChI=1S/C16H10ClNO3/c17-11-5-3-6-12(9-11)18-15(19)14-8-10-4-1-2-7-13(10)16(20)21-14/h1-9H,(H,18,19). The lowest BCUT2D eigenvalue weighted by molar-refractivity contribution is 0.0993. The van der Waals surface area contributed by atoms with Gasteiger partial charge in [-0.3, -0.25) is 4.79 Å². The molecule has 5 heteroatoms. The van der Waals surface area contributed by atoms with Gasteiger partial charge in [0, 0.05) is 10.7 Å². The van der Waals surface area contributed by atoms with Gasteiger partial charge in [-0.2, -0.15) is 0 Å². The van der Waals surface area contributed by atoms with Gasteiger partial charge in [-0.05, 0) is 35.7 Å². The van der Waals surface area contributed by atoms with Crippen LogP contribution in [0, 0.1) is 0 Å². The van der Waals surface area contributed by atoms with E-state index < -0.39 is 11.5 Å². The Kier molecular flexibility index (Phi) is 3.46. The van der Waals surface area contributed by atoms with Crippen LogP contribution in [0.3, 0.4) is 0 Å². The molecule has 0 aliphatic carbocycles. The molecule has 3 rings (SSSR count). The Morgan fingerprint density at radius 1 is 1.05 bits per heavy atom. The molecule has 0 spiro atoms. The van der Waals surface area contributed by atoms with Crippen LogP contribution in [0.2, 0.25) is 5.02 Å². The summed E-state index contributed by atoms with van der Waals surface area (Å²) in [7, 11) is 0. The largest absolute Gasteiger partial charge is 0.417 e. The third-order valence-corrected chi connectivity index (χ3v) is 3.21. The number of rotatable bonds is 2. The van der Waals surface area contributed by atoms with Gasteiger partial charge in [0.05, 0.1) is 5.39 Å². The van der Waals surface area contributed by atoms with E-state index in [1.54, 1.807) is 48.5 Å². The fourth-order valence-electron chi connectivity index (χ4n) is 2.01. The second-order valence-electron chi connectivity index (χ2n) is 4.45. The summed E-state index contributed by atoms with van der Waals surface area (Å²) in [6, 6.07) is 15.2. The maximum atomic E-state index is 12.1. The maximum Gasteiger partial charge on any atom is 0.344 e. The van der Waals surface area contributed by atoms with Gasteiger partial charge in [0.15, 0.2) is 5.76 Å². The second kappa shape index (κ2) is 5.42. The van der Waals surface area contributed by atoms with Crippen molar-refractivity contribution in [2.75, 3.05) is 5.32 Å². The van der Waals surface area contributed by atoms with Gasteiger partial charge >= 0.3 is 5.63 Å². The highest BCUT2D eigenvalue weighted by molar-refractivity contribution is 6.30. The third kappa shape index (κ3) is 2.80. The monoisotopic (exact) mass is 299 g/mol. The molecule has 0 unspecified atom stereocenters. The van der Waals surface area contributed by atoms with Crippen molar-refractivity contribution >= 4 is 34.0 Å². The number of anilines is 1. The first-order valence-electron chi connectivity index (χ1n) is 6.23. The van der Waals surface area contributed by atoms with Crippen molar-refractivity contribution in [2.45, 2.75) is 0 Å². The Hall–Kier alpha value is -2.59. The molecule has 1 amide bonds. The van der Waals surface area contributed by atoms with Crippen LogP contribution in [0.1, 0.15) is 10.6 Å². The van der Waals surface area contributed by atoms with Gasteiger partial charge in [-0.25, -0.2) is 4.79 Å². The number of hydrogen-bond acceptors (Lipinski definition) is 3. The van der Waals surface area contributed by atoms with Crippen molar-refractivity contribution in [1.29, 1.82) is 0 Å². The zero-order chi connectivity index (χ0) is 14.8. The van der Waals surface area contributed by atoms with Crippen molar-refractivity contribution in [1.82, 2.24) is 0 Å². The van der Waals surface area contributed by atoms with Crippen LogP contribution in [0.15, 0.2) is 63.8 Å². The summed E-state index contributed by atoms with van der Waals surface area (Å²) in [6.45, 7) is 0. The minimum absolute atomic E-state index is 0.0429. The number of fused-ring (bicyclic) bond motifs is 1. The van der Waals surface area contributed by atoms with Crippen molar-refractivity contribution in [3.05, 3.63) is 75.8 Å². The molecule has 1 aromatic heterocycles. The van der Waals surface area contributed by atoms with Crippen LogP contribution in [0.4, 0.5) is 5.69 Å². The van der Waals surface area contributed by atoms with Crippen LogP contribution < -0.4 is 10.9 Å².